The number of urea groups is 1. The van der Waals surface area contributed by atoms with Gasteiger partial charge in [-0.2, -0.15) is 0 Å². The Kier molecular flexibility index (Phi) is 6.76. The zero-order valence-electron chi connectivity index (χ0n) is 17.2. The quantitative estimate of drug-likeness (QED) is 0.766. The summed E-state index contributed by atoms with van der Waals surface area (Å²) in [5.41, 5.74) is 1.10. The third-order valence-corrected chi connectivity index (χ3v) is 5.85. The van der Waals surface area contributed by atoms with E-state index in [0.717, 1.165) is 30.9 Å². The zero-order chi connectivity index (χ0) is 21.6. The van der Waals surface area contributed by atoms with E-state index in [2.05, 4.69) is 15.2 Å². The van der Waals surface area contributed by atoms with E-state index >= 15 is 0 Å². The molecule has 3 heterocycles. The molecule has 0 saturated carbocycles. The van der Waals surface area contributed by atoms with Crippen LogP contribution in [0.2, 0.25) is 5.02 Å². The number of halogens is 1. The lowest BCUT2D eigenvalue weighted by molar-refractivity contribution is -0.130. The molecule has 2 saturated heterocycles. The monoisotopic (exact) mass is 443 g/mol. The Labute approximate surface area is 186 Å². The molecule has 1 aromatic carbocycles. The van der Waals surface area contributed by atoms with Gasteiger partial charge in [-0.15, -0.1) is 0 Å². The van der Waals surface area contributed by atoms with Crippen LogP contribution in [0.5, 0.6) is 5.75 Å². The molecular weight excluding hydrogens is 418 g/mol. The highest BCUT2D eigenvalue weighted by molar-refractivity contribution is 6.30. The Morgan fingerprint density at radius 3 is 2.42 bits per heavy atom. The Hall–Kier alpha value is -3.00. The highest BCUT2D eigenvalue weighted by atomic mass is 35.5. The smallest absolute Gasteiger partial charge is 0.317 e. The Bertz CT molecular complexity index is 888. The van der Waals surface area contributed by atoms with Gasteiger partial charge in [-0.05, 0) is 36.4 Å². The fraction of sp³-hybridized carbons (Fsp3) is 0.409. The van der Waals surface area contributed by atoms with E-state index < -0.39 is 0 Å². The van der Waals surface area contributed by atoms with E-state index in [0.29, 0.717) is 31.2 Å². The van der Waals surface area contributed by atoms with Crippen molar-refractivity contribution in [3.8, 4) is 5.75 Å². The maximum atomic E-state index is 12.5. The number of likely N-dealkylation sites (tertiary alicyclic amines) is 1. The maximum Gasteiger partial charge on any atom is 0.317 e. The van der Waals surface area contributed by atoms with Gasteiger partial charge in [0.15, 0.2) is 0 Å². The van der Waals surface area contributed by atoms with Crippen LogP contribution < -0.4 is 15.0 Å². The number of ether oxygens (including phenoxy) is 1. The predicted octanol–water partition coefficient (Wildman–Crippen LogP) is 2.25. The van der Waals surface area contributed by atoms with Crippen molar-refractivity contribution in [3.63, 3.8) is 0 Å². The molecule has 9 heteroatoms. The number of nitrogens with zero attached hydrogens (tertiary/aromatic N) is 4. The average Bonchev–Trinajstić information content (AvgIpc) is 3.27. The molecule has 1 atom stereocenters. The molecule has 2 fully saturated rings. The van der Waals surface area contributed by atoms with E-state index in [9.17, 15) is 9.59 Å². The SMILES string of the molecule is O=C(CNC(=O)N1CC[C@@H](Oc2ccncc2)C1)N1CCN(c2ccc(Cl)cc2)CC1. The van der Waals surface area contributed by atoms with E-state index in [4.69, 9.17) is 16.3 Å². The molecule has 3 amide bonds. The second kappa shape index (κ2) is 9.87. The first-order chi connectivity index (χ1) is 15.1. The normalized spacial score (nSPS) is 18.7. The number of anilines is 1. The summed E-state index contributed by atoms with van der Waals surface area (Å²) in [7, 11) is 0. The van der Waals surface area contributed by atoms with Gasteiger partial charge in [-0.3, -0.25) is 9.78 Å². The van der Waals surface area contributed by atoms with Crippen LogP contribution in [0.15, 0.2) is 48.8 Å². The number of piperazine rings is 1. The summed E-state index contributed by atoms with van der Waals surface area (Å²) in [4.78, 5) is 34.7. The number of aromatic nitrogens is 1. The van der Waals surface area contributed by atoms with Crippen LogP contribution in [-0.4, -0.2) is 78.6 Å². The molecule has 2 aliphatic heterocycles. The molecule has 2 aromatic rings. The van der Waals surface area contributed by atoms with Gasteiger partial charge >= 0.3 is 6.03 Å². The summed E-state index contributed by atoms with van der Waals surface area (Å²) < 4.78 is 5.88. The third kappa shape index (κ3) is 5.58. The highest BCUT2D eigenvalue weighted by Crippen LogP contribution is 2.20. The van der Waals surface area contributed by atoms with E-state index in [1.54, 1.807) is 34.3 Å². The van der Waals surface area contributed by atoms with Crippen LogP contribution in [0.25, 0.3) is 0 Å². The van der Waals surface area contributed by atoms with Crippen LogP contribution >= 0.6 is 11.6 Å². The molecule has 1 aromatic heterocycles. The number of nitrogens with one attached hydrogen (secondary N) is 1. The van der Waals surface area contributed by atoms with Crippen LogP contribution in [0.1, 0.15) is 6.42 Å². The van der Waals surface area contributed by atoms with Gasteiger partial charge in [0.2, 0.25) is 5.91 Å². The molecule has 8 nitrogen and oxygen atoms in total. The predicted molar refractivity (Wildman–Crippen MR) is 118 cm³/mol. The largest absolute Gasteiger partial charge is 0.488 e. The fourth-order valence-electron chi connectivity index (χ4n) is 3.86. The van der Waals surface area contributed by atoms with Crippen molar-refractivity contribution in [3.05, 3.63) is 53.8 Å². The average molecular weight is 444 g/mol. The van der Waals surface area contributed by atoms with Gasteiger partial charge in [0.05, 0.1) is 13.1 Å². The van der Waals surface area contributed by atoms with Gasteiger partial charge in [0, 0.05) is 62.2 Å². The first-order valence-corrected chi connectivity index (χ1v) is 10.8. The third-order valence-electron chi connectivity index (χ3n) is 5.60. The standard InChI is InChI=1S/C22H26ClN5O3/c23-17-1-3-18(4-2-17)26-11-13-27(14-12-26)21(29)15-25-22(30)28-10-7-20(16-28)31-19-5-8-24-9-6-19/h1-6,8-9,20H,7,10-16H2,(H,25,30)/t20-/m1/s1. The number of amides is 3. The summed E-state index contributed by atoms with van der Waals surface area (Å²) in [5, 5.41) is 3.47. The van der Waals surface area contributed by atoms with Crippen molar-refractivity contribution in [1.29, 1.82) is 0 Å². The minimum Gasteiger partial charge on any atom is -0.488 e. The second-order valence-electron chi connectivity index (χ2n) is 7.66. The van der Waals surface area contributed by atoms with Crippen molar-refractivity contribution in [1.82, 2.24) is 20.1 Å². The molecule has 31 heavy (non-hydrogen) atoms. The van der Waals surface area contributed by atoms with E-state index in [1.807, 2.05) is 24.3 Å². The van der Waals surface area contributed by atoms with Crippen molar-refractivity contribution in [2.24, 2.45) is 0 Å². The number of carbonyl (C=O) groups is 2. The number of hydrogen-bond donors (Lipinski definition) is 1. The van der Waals surface area contributed by atoms with Gasteiger partial charge in [-0.1, -0.05) is 11.6 Å². The minimum atomic E-state index is -0.228. The Balaban J connectivity index is 1.18. The minimum absolute atomic E-state index is 0.00611. The first kappa shape index (κ1) is 21.2. The molecule has 0 spiro atoms. The van der Waals surface area contributed by atoms with Gasteiger partial charge in [0.25, 0.3) is 0 Å². The molecule has 0 aliphatic carbocycles. The van der Waals surface area contributed by atoms with Crippen LogP contribution in [0, 0.1) is 0 Å². The van der Waals surface area contributed by atoms with E-state index in [-0.39, 0.29) is 24.6 Å². The molecule has 4 rings (SSSR count). The summed E-state index contributed by atoms with van der Waals surface area (Å²) in [6, 6.07) is 11.1. The number of rotatable bonds is 5. The molecule has 0 bridgehead atoms. The fourth-order valence-corrected chi connectivity index (χ4v) is 3.98. The number of carbonyl (C=O) groups excluding carboxylic acids is 2. The van der Waals surface area contributed by atoms with Crippen molar-refractivity contribution < 1.29 is 14.3 Å². The molecule has 0 radical (unpaired) electrons. The zero-order valence-corrected chi connectivity index (χ0v) is 18.0. The molecule has 2 aliphatic rings. The maximum absolute atomic E-state index is 12.5. The van der Waals surface area contributed by atoms with Gasteiger partial charge in [-0.25, -0.2) is 4.79 Å². The van der Waals surface area contributed by atoms with Gasteiger partial charge in [0.1, 0.15) is 11.9 Å². The van der Waals surface area contributed by atoms with Crippen LogP contribution in [0.4, 0.5) is 10.5 Å². The summed E-state index contributed by atoms with van der Waals surface area (Å²) >= 11 is 5.95. The highest BCUT2D eigenvalue weighted by Gasteiger charge is 2.28. The van der Waals surface area contributed by atoms with Crippen LogP contribution in [-0.2, 0) is 4.79 Å². The number of benzene rings is 1. The summed E-state index contributed by atoms with van der Waals surface area (Å²) in [6.07, 6.45) is 4.06. The van der Waals surface area contributed by atoms with Gasteiger partial charge < -0.3 is 24.8 Å². The topological polar surface area (TPSA) is 78.0 Å². The van der Waals surface area contributed by atoms with Crippen LogP contribution in [0.3, 0.4) is 0 Å². The lowest BCUT2D eigenvalue weighted by atomic mass is 10.2. The first-order valence-electron chi connectivity index (χ1n) is 10.5. The Morgan fingerprint density at radius 2 is 1.71 bits per heavy atom. The second-order valence-corrected chi connectivity index (χ2v) is 8.10. The molecule has 164 valence electrons. The van der Waals surface area contributed by atoms with Crippen molar-refractivity contribution in [2.75, 3.05) is 50.7 Å². The number of hydrogen-bond acceptors (Lipinski definition) is 5. The van der Waals surface area contributed by atoms with E-state index in [1.165, 1.54) is 0 Å². The molecule has 0 unspecified atom stereocenters. The molecule has 1 N–H and O–H groups in total. The summed E-state index contributed by atoms with van der Waals surface area (Å²) in [6.45, 7) is 3.87. The summed E-state index contributed by atoms with van der Waals surface area (Å²) in [5.74, 6) is 0.683. The lowest BCUT2D eigenvalue weighted by Crippen LogP contribution is -2.52. The Morgan fingerprint density at radius 1 is 1.00 bits per heavy atom. The number of pyridine rings is 1. The van der Waals surface area contributed by atoms with Crippen molar-refractivity contribution >= 4 is 29.2 Å². The lowest BCUT2D eigenvalue weighted by Gasteiger charge is -2.36. The van der Waals surface area contributed by atoms with Crippen molar-refractivity contribution in [2.45, 2.75) is 12.5 Å². The molecular formula is C22H26ClN5O3.